The van der Waals surface area contributed by atoms with Gasteiger partial charge in [0.25, 0.3) is 5.24 Å². The molecule has 0 unspecified atom stereocenters. The van der Waals surface area contributed by atoms with Gasteiger partial charge in [0.1, 0.15) is 0 Å². The van der Waals surface area contributed by atoms with Gasteiger partial charge in [-0.3, -0.25) is 4.79 Å². The molecule has 0 radical (unpaired) electrons. The van der Waals surface area contributed by atoms with Gasteiger partial charge in [0.15, 0.2) is 0 Å². The average molecular weight is 285 g/mol. The Morgan fingerprint density at radius 3 is 1.90 bits per heavy atom. The summed E-state index contributed by atoms with van der Waals surface area (Å²) in [6.07, 6.45) is 6.38. The van der Waals surface area contributed by atoms with Crippen molar-refractivity contribution in [2.24, 2.45) is 0 Å². The van der Waals surface area contributed by atoms with E-state index in [9.17, 15) is 4.79 Å². The first-order valence-electron chi connectivity index (χ1n) is 6.76. The van der Waals surface area contributed by atoms with E-state index in [0.29, 0.717) is 5.56 Å². The lowest BCUT2D eigenvalue weighted by Crippen LogP contribution is -1.87. The van der Waals surface area contributed by atoms with Crippen molar-refractivity contribution in [1.29, 1.82) is 0 Å². The minimum absolute atomic E-state index is 0.424. The summed E-state index contributed by atoms with van der Waals surface area (Å²) in [5.74, 6) is 0. The van der Waals surface area contributed by atoms with Crippen LogP contribution in [-0.2, 0) is 6.42 Å². The van der Waals surface area contributed by atoms with Crippen molar-refractivity contribution in [3.63, 3.8) is 0 Å². The third-order valence-corrected chi connectivity index (χ3v) is 3.34. The van der Waals surface area contributed by atoms with Crippen LogP contribution < -0.4 is 0 Å². The minimum Gasteiger partial charge on any atom is -0.276 e. The van der Waals surface area contributed by atoms with E-state index < -0.39 is 5.24 Å². The Bertz CT molecular complexity index is 594. The maximum Gasteiger partial charge on any atom is 0.252 e. The van der Waals surface area contributed by atoms with E-state index in [1.165, 1.54) is 17.5 Å². The molecule has 0 aliphatic carbocycles. The van der Waals surface area contributed by atoms with E-state index in [1.54, 1.807) is 12.1 Å². The number of aryl methyl sites for hydroxylation is 1. The number of carbonyl (C=O) groups is 1. The van der Waals surface area contributed by atoms with E-state index in [1.807, 2.05) is 18.2 Å². The number of halogens is 1. The number of hydrogen-bond donors (Lipinski definition) is 0. The average Bonchev–Trinajstić information content (AvgIpc) is 2.47. The first-order chi connectivity index (χ1) is 9.69. The molecule has 102 valence electrons. The molecular weight excluding hydrogens is 268 g/mol. The van der Waals surface area contributed by atoms with Crippen LogP contribution in [0.3, 0.4) is 0 Å². The molecule has 0 fully saturated rings. The standard InChI is InChI=1S/C18H17ClO/c1-2-3-14-4-6-15(7-5-14)8-9-16-10-12-17(13-11-16)18(19)20/h4-13H,2-3H2,1H3. The van der Waals surface area contributed by atoms with E-state index >= 15 is 0 Å². The first kappa shape index (κ1) is 14.5. The van der Waals surface area contributed by atoms with Crippen molar-refractivity contribution < 1.29 is 4.79 Å². The van der Waals surface area contributed by atoms with Gasteiger partial charge in [-0.25, -0.2) is 0 Å². The van der Waals surface area contributed by atoms with Gasteiger partial charge in [0.05, 0.1) is 0 Å². The van der Waals surface area contributed by atoms with E-state index in [2.05, 4.69) is 37.3 Å². The van der Waals surface area contributed by atoms with Gasteiger partial charge in [0, 0.05) is 5.56 Å². The Morgan fingerprint density at radius 2 is 1.45 bits per heavy atom. The number of carbonyl (C=O) groups excluding carboxylic acids is 1. The third kappa shape index (κ3) is 4.07. The highest BCUT2D eigenvalue weighted by Crippen LogP contribution is 2.12. The quantitative estimate of drug-likeness (QED) is 0.545. The van der Waals surface area contributed by atoms with Crippen LogP contribution in [0.5, 0.6) is 0 Å². The summed E-state index contributed by atoms with van der Waals surface area (Å²) in [5.41, 5.74) is 4.11. The summed E-state index contributed by atoms with van der Waals surface area (Å²) in [4.78, 5) is 11.0. The van der Waals surface area contributed by atoms with E-state index in [-0.39, 0.29) is 0 Å². The second kappa shape index (κ2) is 7.06. The topological polar surface area (TPSA) is 17.1 Å². The Kier molecular flexibility index (Phi) is 5.14. The molecule has 0 aliphatic heterocycles. The summed E-state index contributed by atoms with van der Waals surface area (Å²) < 4.78 is 0. The summed E-state index contributed by atoms with van der Waals surface area (Å²) in [6, 6.07) is 15.8. The Morgan fingerprint density at radius 1 is 0.950 bits per heavy atom. The maximum atomic E-state index is 11.0. The highest BCUT2D eigenvalue weighted by atomic mass is 35.5. The second-order valence-electron chi connectivity index (χ2n) is 4.72. The normalized spacial score (nSPS) is 10.9. The van der Waals surface area contributed by atoms with E-state index in [0.717, 1.165) is 12.0 Å². The lowest BCUT2D eigenvalue weighted by molar-refractivity contribution is 0.108. The highest BCUT2D eigenvalue weighted by Gasteiger charge is 1.99. The smallest absolute Gasteiger partial charge is 0.252 e. The van der Waals surface area contributed by atoms with Crippen LogP contribution in [-0.4, -0.2) is 5.24 Å². The van der Waals surface area contributed by atoms with Crippen molar-refractivity contribution in [3.8, 4) is 0 Å². The largest absolute Gasteiger partial charge is 0.276 e. The fraction of sp³-hybridized carbons (Fsp3) is 0.167. The van der Waals surface area contributed by atoms with Crippen LogP contribution >= 0.6 is 11.6 Å². The molecule has 2 aromatic carbocycles. The fourth-order valence-corrected chi connectivity index (χ4v) is 2.13. The van der Waals surface area contributed by atoms with Gasteiger partial charge in [-0.1, -0.05) is 61.9 Å². The lowest BCUT2D eigenvalue weighted by atomic mass is 10.1. The molecule has 0 N–H and O–H groups in total. The molecule has 0 atom stereocenters. The molecule has 0 heterocycles. The van der Waals surface area contributed by atoms with Crippen LogP contribution in [0, 0.1) is 0 Å². The molecule has 0 aromatic heterocycles. The molecule has 0 spiro atoms. The SMILES string of the molecule is CCCc1ccc(C=Cc2ccc(C(=O)Cl)cc2)cc1. The van der Waals surface area contributed by atoms with Crippen molar-refractivity contribution in [2.45, 2.75) is 19.8 Å². The number of rotatable bonds is 5. The van der Waals surface area contributed by atoms with Gasteiger partial charge >= 0.3 is 0 Å². The van der Waals surface area contributed by atoms with E-state index in [4.69, 9.17) is 11.6 Å². The summed E-state index contributed by atoms with van der Waals surface area (Å²) >= 11 is 5.41. The molecular formula is C18H17ClO. The third-order valence-electron chi connectivity index (χ3n) is 3.12. The monoisotopic (exact) mass is 284 g/mol. The van der Waals surface area contributed by atoms with Gasteiger partial charge in [-0.2, -0.15) is 0 Å². The molecule has 2 aromatic rings. The summed E-state index contributed by atoms with van der Waals surface area (Å²) in [5, 5.41) is -0.424. The highest BCUT2D eigenvalue weighted by molar-refractivity contribution is 6.67. The van der Waals surface area contributed by atoms with Gasteiger partial charge in [0.2, 0.25) is 0 Å². The van der Waals surface area contributed by atoms with Crippen molar-refractivity contribution in [2.75, 3.05) is 0 Å². The summed E-state index contributed by atoms with van der Waals surface area (Å²) in [7, 11) is 0. The molecule has 2 rings (SSSR count). The minimum atomic E-state index is -0.424. The first-order valence-corrected chi connectivity index (χ1v) is 7.14. The molecule has 1 nitrogen and oxygen atoms in total. The van der Waals surface area contributed by atoms with Crippen LogP contribution in [0.4, 0.5) is 0 Å². The zero-order valence-corrected chi connectivity index (χ0v) is 12.2. The molecule has 2 heteroatoms. The second-order valence-corrected chi connectivity index (χ2v) is 5.06. The van der Waals surface area contributed by atoms with Crippen LogP contribution in [0.25, 0.3) is 12.2 Å². The molecule has 0 saturated heterocycles. The Balaban J connectivity index is 2.06. The zero-order valence-electron chi connectivity index (χ0n) is 11.5. The fourth-order valence-electron chi connectivity index (χ4n) is 2.00. The Labute approximate surface area is 124 Å². The molecule has 0 saturated carbocycles. The molecule has 0 aliphatic rings. The Hall–Kier alpha value is -1.86. The van der Waals surface area contributed by atoms with Crippen molar-refractivity contribution >= 4 is 29.0 Å². The van der Waals surface area contributed by atoms with Crippen LogP contribution in [0.1, 0.15) is 40.4 Å². The van der Waals surface area contributed by atoms with Crippen molar-refractivity contribution in [3.05, 3.63) is 70.8 Å². The predicted molar refractivity (Wildman–Crippen MR) is 86.0 cm³/mol. The number of hydrogen-bond acceptors (Lipinski definition) is 1. The molecule has 20 heavy (non-hydrogen) atoms. The summed E-state index contributed by atoms with van der Waals surface area (Å²) in [6.45, 7) is 2.18. The maximum absolute atomic E-state index is 11.0. The van der Waals surface area contributed by atoms with Gasteiger partial charge in [-0.15, -0.1) is 0 Å². The molecule has 0 bridgehead atoms. The van der Waals surface area contributed by atoms with Crippen LogP contribution in [0.2, 0.25) is 0 Å². The van der Waals surface area contributed by atoms with Gasteiger partial charge in [-0.05, 0) is 46.8 Å². The predicted octanol–water partition coefficient (Wildman–Crippen LogP) is 5.19. The van der Waals surface area contributed by atoms with Crippen LogP contribution in [0.15, 0.2) is 48.5 Å². The lowest BCUT2D eigenvalue weighted by Gasteiger charge is -1.99. The number of benzene rings is 2. The van der Waals surface area contributed by atoms with Gasteiger partial charge < -0.3 is 0 Å². The molecule has 0 amide bonds. The van der Waals surface area contributed by atoms with Crippen molar-refractivity contribution in [1.82, 2.24) is 0 Å². The zero-order chi connectivity index (χ0) is 14.4.